The lowest BCUT2D eigenvalue weighted by Gasteiger charge is -2.45. The van der Waals surface area contributed by atoms with Gasteiger partial charge in [-0.1, -0.05) is 80.5 Å². The topological polar surface area (TPSA) is 48.6 Å². The van der Waals surface area contributed by atoms with E-state index in [2.05, 4.69) is 155 Å². The molecule has 0 bridgehead atoms. The first-order chi connectivity index (χ1) is 26.4. The van der Waals surface area contributed by atoms with Crippen LogP contribution in [0, 0.1) is 33.1 Å². The van der Waals surface area contributed by atoms with Gasteiger partial charge >= 0.3 is 0 Å². The number of hydrogen-bond donors (Lipinski definition) is 0. The minimum atomic E-state index is -1.81. The number of pyridine rings is 1. The smallest absolute Gasteiger partial charge is 0.217 e. The Balaban J connectivity index is 1.26. The van der Waals surface area contributed by atoms with Gasteiger partial charge in [0.1, 0.15) is 28.3 Å². The van der Waals surface area contributed by atoms with Gasteiger partial charge in [-0.05, 0) is 138 Å². The molecule has 0 saturated heterocycles. The van der Waals surface area contributed by atoms with Crippen LogP contribution in [0.15, 0.2) is 84.0 Å². The highest BCUT2D eigenvalue weighted by Crippen LogP contribution is 2.60. The van der Waals surface area contributed by atoms with E-state index in [-0.39, 0.29) is 10.8 Å². The van der Waals surface area contributed by atoms with E-state index in [4.69, 9.17) is 19.5 Å². The summed E-state index contributed by atoms with van der Waals surface area (Å²) in [5.41, 5.74) is 8.91. The summed E-state index contributed by atoms with van der Waals surface area (Å²) < 4.78 is 35.7. The van der Waals surface area contributed by atoms with Gasteiger partial charge in [-0.2, -0.15) is 0 Å². The van der Waals surface area contributed by atoms with Crippen LogP contribution in [0.5, 0.6) is 11.5 Å². The Labute approximate surface area is 330 Å². The Morgan fingerprint density at radius 2 is 1.42 bits per heavy atom. The van der Waals surface area contributed by atoms with Gasteiger partial charge in [0.2, 0.25) is 5.90 Å². The van der Waals surface area contributed by atoms with Crippen LogP contribution in [-0.4, -0.2) is 21.0 Å². The van der Waals surface area contributed by atoms with E-state index in [0.29, 0.717) is 23.0 Å². The molecule has 0 radical (unpaired) electrons. The van der Waals surface area contributed by atoms with Crippen molar-refractivity contribution in [3.8, 4) is 17.2 Å². The molecule has 3 heterocycles. The zero-order chi connectivity index (χ0) is 41.4. The fraction of sp³-hybridized carbons (Fsp3) is 0.400. The van der Waals surface area contributed by atoms with Gasteiger partial charge in [-0.25, -0.2) is 9.98 Å². The van der Waals surface area contributed by atoms with Gasteiger partial charge in [-0.3, -0.25) is 4.57 Å². The summed E-state index contributed by atoms with van der Waals surface area (Å²) in [6.45, 7) is 29.9. The van der Waals surface area contributed by atoms with Gasteiger partial charge in [0, 0.05) is 43.1 Å². The van der Waals surface area contributed by atoms with E-state index in [0.717, 1.165) is 61.2 Å². The predicted octanol–water partition coefficient (Wildman–Crippen LogP) is 12.8. The molecular formula is C50H57N3O2. The number of nitrogens with zero attached hydrogens (tertiary/aromatic N) is 3. The highest BCUT2D eigenvalue weighted by molar-refractivity contribution is 6.08. The number of benzene rings is 4. The molecule has 284 valence electrons. The molecule has 0 spiro atoms. The molecule has 1 aliphatic heterocycles. The van der Waals surface area contributed by atoms with Crippen molar-refractivity contribution in [2.45, 2.75) is 125 Å². The molecule has 0 saturated carbocycles. The van der Waals surface area contributed by atoms with Gasteiger partial charge in [0.25, 0.3) is 0 Å². The Morgan fingerprint density at radius 1 is 0.727 bits per heavy atom. The van der Waals surface area contributed by atoms with Crippen LogP contribution < -0.4 is 4.74 Å². The van der Waals surface area contributed by atoms with Crippen LogP contribution in [-0.2, 0) is 27.5 Å². The zero-order valence-electron chi connectivity index (χ0n) is 37.2. The highest BCUT2D eigenvalue weighted by atomic mass is 16.5. The normalized spacial score (nSPS) is 21.2. The van der Waals surface area contributed by atoms with Crippen LogP contribution >= 0.6 is 0 Å². The zero-order valence-corrected chi connectivity index (χ0v) is 35.2. The first-order valence-corrected chi connectivity index (χ1v) is 19.6. The van der Waals surface area contributed by atoms with Crippen molar-refractivity contribution in [3.63, 3.8) is 0 Å². The van der Waals surface area contributed by atoms with Crippen molar-refractivity contribution in [1.29, 1.82) is 0 Å². The average Bonchev–Trinajstić information content (AvgIpc) is 3.65. The molecule has 5 nitrogen and oxygen atoms in total. The third kappa shape index (κ3) is 5.88. The Hall–Kier alpha value is -4.90. The third-order valence-electron chi connectivity index (χ3n) is 11.9. The standard InChI is InChI=1S/C50H57N3O2/c1-29-17-37(53-43-16-15-35(46(5,6)7)25-40(43)41-19-30(2)28-51-44(41)53)26-38(18-29)54-39-23-33(22-36(24-39)47(8,9)10)45-52-49(14)42-21-32(4)31(3)20-34(42)27-50(49,55-45)48(11,12)13/h15-26,28H,27H2,1-14H3/t49-,50-/m1/s1/i27D2. The minimum Gasteiger partial charge on any atom is -0.467 e. The molecule has 8 rings (SSSR count). The van der Waals surface area contributed by atoms with Crippen LogP contribution in [0.25, 0.3) is 27.6 Å². The summed E-state index contributed by atoms with van der Waals surface area (Å²) in [5.74, 6) is 1.80. The maximum absolute atomic E-state index is 9.76. The number of fused-ring (bicyclic) bond motifs is 6. The second-order valence-electron chi connectivity index (χ2n) is 19.4. The van der Waals surface area contributed by atoms with E-state index in [9.17, 15) is 2.74 Å². The lowest BCUT2D eigenvalue weighted by atomic mass is 9.66. The molecule has 0 N–H and O–H groups in total. The predicted molar refractivity (Wildman–Crippen MR) is 229 cm³/mol. The van der Waals surface area contributed by atoms with Crippen molar-refractivity contribution < 1.29 is 12.2 Å². The third-order valence-corrected chi connectivity index (χ3v) is 11.9. The van der Waals surface area contributed by atoms with E-state index in [1.165, 1.54) is 10.9 Å². The maximum Gasteiger partial charge on any atom is 0.217 e. The fourth-order valence-electron chi connectivity index (χ4n) is 8.65. The van der Waals surface area contributed by atoms with Gasteiger partial charge in [-0.15, -0.1) is 0 Å². The van der Waals surface area contributed by atoms with Crippen LogP contribution in [0.1, 0.15) is 122 Å². The van der Waals surface area contributed by atoms with Crippen molar-refractivity contribution in [1.82, 2.24) is 9.55 Å². The first-order valence-electron chi connectivity index (χ1n) is 20.6. The Bertz CT molecular complexity index is 2680. The van der Waals surface area contributed by atoms with Crippen LogP contribution in [0.2, 0.25) is 0 Å². The molecule has 1 aliphatic carbocycles. The van der Waals surface area contributed by atoms with Crippen LogP contribution in [0.4, 0.5) is 0 Å². The lowest BCUT2D eigenvalue weighted by molar-refractivity contribution is -0.0673. The summed E-state index contributed by atoms with van der Waals surface area (Å²) in [6, 6.07) is 25.7. The minimum absolute atomic E-state index is 0.0117. The monoisotopic (exact) mass is 733 g/mol. The molecule has 2 aromatic heterocycles. The van der Waals surface area contributed by atoms with Crippen molar-refractivity contribution in [3.05, 3.63) is 129 Å². The largest absolute Gasteiger partial charge is 0.467 e. The number of rotatable bonds is 4. The van der Waals surface area contributed by atoms with E-state index < -0.39 is 22.9 Å². The second kappa shape index (κ2) is 12.0. The average molecular weight is 734 g/mol. The highest BCUT2D eigenvalue weighted by Gasteiger charge is 2.66. The SMILES string of the molecule is [2H]C1([2H])c2cc(C)c(C)cc2[C@@]2(C)N=C(c3cc(Oc4cc(C)cc(-n5c6ccc(C(C)(C)C)cc6c6cc(C)cnc65)c4)cc(C(C)(C)C)c3)O[C@@]12C(C)(C)C. The number of aliphatic imine (C=N–C) groups is 1. The number of aryl methyl sites for hydroxylation is 4. The second-order valence-corrected chi connectivity index (χ2v) is 19.4. The molecule has 5 heteroatoms. The van der Waals surface area contributed by atoms with Gasteiger partial charge in [0.15, 0.2) is 0 Å². The number of hydrogen-bond acceptors (Lipinski definition) is 4. The Kier molecular flexibility index (Phi) is 7.58. The van der Waals surface area contributed by atoms with Crippen molar-refractivity contribution >= 4 is 27.8 Å². The van der Waals surface area contributed by atoms with E-state index >= 15 is 0 Å². The van der Waals surface area contributed by atoms with Crippen molar-refractivity contribution in [2.24, 2.45) is 10.4 Å². The fourth-order valence-corrected chi connectivity index (χ4v) is 8.65. The summed E-state index contributed by atoms with van der Waals surface area (Å²) in [4.78, 5) is 10.4. The first kappa shape index (κ1) is 34.6. The molecule has 0 amide bonds. The molecule has 0 fully saturated rings. The number of ether oxygens (including phenoxy) is 2. The Morgan fingerprint density at radius 3 is 2.11 bits per heavy atom. The van der Waals surface area contributed by atoms with E-state index in [1.54, 1.807) is 0 Å². The molecule has 55 heavy (non-hydrogen) atoms. The number of aromatic nitrogens is 2. The summed E-state index contributed by atoms with van der Waals surface area (Å²) in [6.07, 6.45) is 0.125. The van der Waals surface area contributed by atoms with Crippen molar-refractivity contribution in [2.75, 3.05) is 0 Å². The van der Waals surface area contributed by atoms with E-state index in [1.807, 2.05) is 25.3 Å². The molecule has 4 aromatic carbocycles. The summed E-state index contributed by atoms with van der Waals surface area (Å²) in [5, 5.41) is 2.31. The molecule has 2 atom stereocenters. The molecular weight excluding hydrogens is 675 g/mol. The van der Waals surface area contributed by atoms with Gasteiger partial charge < -0.3 is 9.47 Å². The maximum atomic E-state index is 9.76. The molecule has 0 unspecified atom stereocenters. The van der Waals surface area contributed by atoms with Crippen LogP contribution in [0.3, 0.4) is 0 Å². The molecule has 2 aliphatic rings. The lowest BCUT2D eigenvalue weighted by Crippen LogP contribution is -2.54. The summed E-state index contributed by atoms with van der Waals surface area (Å²) >= 11 is 0. The molecule has 6 aromatic rings. The van der Waals surface area contributed by atoms with Gasteiger partial charge in [0.05, 0.1) is 11.2 Å². The quantitative estimate of drug-likeness (QED) is 0.181. The summed E-state index contributed by atoms with van der Waals surface area (Å²) in [7, 11) is 0.